The predicted octanol–water partition coefficient (Wildman–Crippen LogP) is 2.98. The first kappa shape index (κ1) is 16.6. The molecule has 0 bridgehead atoms. The summed E-state index contributed by atoms with van der Waals surface area (Å²) in [6.45, 7) is 4.05. The third kappa shape index (κ3) is 2.69. The van der Waals surface area contributed by atoms with Gasteiger partial charge in [0, 0.05) is 18.8 Å². The Labute approximate surface area is 136 Å². The molecule has 1 saturated heterocycles. The van der Waals surface area contributed by atoms with E-state index in [1.165, 1.54) is 0 Å². The van der Waals surface area contributed by atoms with Crippen LogP contribution in [0.15, 0.2) is 6.07 Å². The summed E-state index contributed by atoms with van der Waals surface area (Å²) in [6, 6.07) is 3.24. The number of nitrogens with zero attached hydrogens (tertiary/aromatic N) is 3. The molecule has 1 fully saturated rings. The molecule has 8 heteroatoms. The number of H-pyrrole nitrogens is 1. The zero-order chi connectivity index (χ0) is 17.7. The van der Waals surface area contributed by atoms with Gasteiger partial charge in [-0.05, 0) is 25.8 Å². The minimum Gasteiger partial charge on any atom is -0.388 e. The summed E-state index contributed by atoms with van der Waals surface area (Å²) >= 11 is 0. The number of aromatic nitrogens is 2. The van der Waals surface area contributed by atoms with E-state index in [2.05, 4.69) is 9.97 Å². The average molecular weight is 338 g/mol. The zero-order valence-electron chi connectivity index (χ0n) is 13.3. The summed E-state index contributed by atoms with van der Waals surface area (Å²) in [5.41, 5.74) is -1.17. The van der Waals surface area contributed by atoms with Crippen LogP contribution in [-0.4, -0.2) is 33.8 Å². The Hall–Kier alpha value is -2.27. The smallest absolute Gasteiger partial charge is 0.388 e. The normalized spacial score (nSPS) is 21.5. The van der Waals surface area contributed by atoms with Gasteiger partial charge in [-0.1, -0.05) is 6.92 Å². The number of pyridine rings is 1. The van der Waals surface area contributed by atoms with Crippen LogP contribution in [0, 0.1) is 11.3 Å². The number of nitrogens with one attached hydrogen (secondary N) is 1. The van der Waals surface area contributed by atoms with Crippen molar-refractivity contribution in [1.29, 1.82) is 5.26 Å². The molecule has 1 atom stereocenters. The van der Waals surface area contributed by atoms with Gasteiger partial charge in [0.15, 0.2) is 5.69 Å². The number of anilines is 1. The number of β-amino-alcohol motifs (C(OH)–C–C–N with tert-alkyl or cyclic N) is 1. The van der Waals surface area contributed by atoms with E-state index in [0.717, 1.165) is 5.69 Å². The van der Waals surface area contributed by atoms with E-state index in [1.54, 1.807) is 24.0 Å². The lowest BCUT2D eigenvalue weighted by Crippen LogP contribution is -2.30. The molecule has 2 aromatic rings. The molecular weight excluding hydrogens is 321 g/mol. The second kappa shape index (κ2) is 5.38. The molecule has 0 aromatic carbocycles. The van der Waals surface area contributed by atoms with E-state index < -0.39 is 23.0 Å². The molecule has 1 aliphatic rings. The Kier molecular flexibility index (Phi) is 3.72. The highest BCUT2D eigenvalue weighted by molar-refractivity contribution is 5.93. The number of alkyl halides is 3. The molecule has 0 spiro atoms. The maximum absolute atomic E-state index is 13.4. The van der Waals surface area contributed by atoms with Gasteiger partial charge in [-0.25, -0.2) is 4.98 Å². The quantitative estimate of drug-likeness (QED) is 0.883. The number of aryl methyl sites for hydroxylation is 1. The zero-order valence-corrected chi connectivity index (χ0v) is 13.3. The van der Waals surface area contributed by atoms with Gasteiger partial charge in [-0.15, -0.1) is 0 Å². The number of hydrogen-bond acceptors (Lipinski definition) is 4. The van der Waals surface area contributed by atoms with Crippen molar-refractivity contribution in [1.82, 2.24) is 9.97 Å². The second-order valence-electron chi connectivity index (χ2n) is 6.37. The molecule has 0 radical (unpaired) electrons. The van der Waals surface area contributed by atoms with Crippen LogP contribution in [0.3, 0.4) is 0 Å². The van der Waals surface area contributed by atoms with Crippen molar-refractivity contribution >= 4 is 16.7 Å². The lowest BCUT2D eigenvalue weighted by molar-refractivity contribution is -0.141. The van der Waals surface area contributed by atoms with Crippen molar-refractivity contribution in [3.8, 4) is 6.07 Å². The summed E-state index contributed by atoms with van der Waals surface area (Å²) in [5.74, 6) is 0. The molecule has 1 aliphatic heterocycles. The molecule has 0 saturated carbocycles. The molecule has 128 valence electrons. The Morgan fingerprint density at radius 2 is 2.21 bits per heavy atom. The SMILES string of the molecule is CCc1cc2nc(C(F)(F)F)c(C#N)c(N3CCC(C)(O)C3)c2[nH]1. The number of fused-ring (bicyclic) bond motifs is 1. The van der Waals surface area contributed by atoms with Gasteiger partial charge < -0.3 is 15.0 Å². The number of aromatic amines is 1. The van der Waals surface area contributed by atoms with Gasteiger partial charge in [0.1, 0.15) is 11.6 Å². The highest BCUT2D eigenvalue weighted by atomic mass is 19.4. The number of rotatable bonds is 2. The Balaban J connectivity index is 2.31. The summed E-state index contributed by atoms with van der Waals surface area (Å²) in [5, 5.41) is 19.6. The van der Waals surface area contributed by atoms with E-state index >= 15 is 0 Å². The fourth-order valence-corrected chi connectivity index (χ4v) is 3.13. The van der Waals surface area contributed by atoms with Crippen LogP contribution in [-0.2, 0) is 12.6 Å². The van der Waals surface area contributed by atoms with Gasteiger partial charge in [0.2, 0.25) is 0 Å². The van der Waals surface area contributed by atoms with Gasteiger partial charge in [-0.2, -0.15) is 18.4 Å². The lowest BCUT2D eigenvalue weighted by atomic mass is 10.1. The van der Waals surface area contributed by atoms with Gasteiger partial charge in [0.05, 0.1) is 22.3 Å². The minimum absolute atomic E-state index is 0.165. The molecule has 2 aromatic heterocycles. The summed E-state index contributed by atoms with van der Waals surface area (Å²) < 4.78 is 40.1. The monoisotopic (exact) mass is 338 g/mol. The van der Waals surface area contributed by atoms with Crippen LogP contribution >= 0.6 is 0 Å². The van der Waals surface area contributed by atoms with Crippen molar-refractivity contribution in [2.75, 3.05) is 18.0 Å². The molecule has 5 nitrogen and oxygen atoms in total. The highest BCUT2D eigenvalue weighted by Gasteiger charge is 2.41. The van der Waals surface area contributed by atoms with Crippen LogP contribution in [0.25, 0.3) is 11.0 Å². The van der Waals surface area contributed by atoms with Crippen molar-refractivity contribution < 1.29 is 18.3 Å². The molecule has 24 heavy (non-hydrogen) atoms. The largest absolute Gasteiger partial charge is 0.434 e. The van der Waals surface area contributed by atoms with Crippen LogP contribution < -0.4 is 4.90 Å². The Bertz CT molecular complexity index is 832. The molecule has 0 aliphatic carbocycles. The molecular formula is C16H17F3N4O. The Morgan fingerprint density at radius 1 is 1.50 bits per heavy atom. The Morgan fingerprint density at radius 3 is 2.71 bits per heavy atom. The maximum Gasteiger partial charge on any atom is 0.434 e. The van der Waals surface area contributed by atoms with E-state index in [0.29, 0.717) is 24.9 Å². The number of aliphatic hydroxyl groups is 1. The van der Waals surface area contributed by atoms with Crippen LogP contribution in [0.1, 0.15) is 37.2 Å². The molecule has 0 amide bonds. The number of halogens is 3. The van der Waals surface area contributed by atoms with Gasteiger partial charge in [0.25, 0.3) is 0 Å². The van der Waals surface area contributed by atoms with Crippen LogP contribution in [0.5, 0.6) is 0 Å². The maximum atomic E-state index is 13.4. The van der Waals surface area contributed by atoms with Crippen LogP contribution in [0.4, 0.5) is 18.9 Å². The van der Waals surface area contributed by atoms with E-state index in [-0.39, 0.29) is 17.7 Å². The topological polar surface area (TPSA) is 75.9 Å². The predicted molar refractivity (Wildman–Crippen MR) is 82.6 cm³/mol. The third-order valence-electron chi connectivity index (χ3n) is 4.32. The molecule has 3 heterocycles. The first-order valence-electron chi connectivity index (χ1n) is 7.66. The summed E-state index contributed by atoms with van der Waals surface area (Å²) in [7, 11) is 0. The first-order valence-corrected chi connectivity index (χ1v) is 7.66. The van der Waals surface area contributed by atoms with Gasteiger partial charge in [-0.3, -0.25) is 0 Å². The van der Waals surface area contributed by atoms with E-state index in [1.807, 2.05) is 6.92 Å². The van der Waals surface area contributed by atoms with E-state index in [4.69, 9.17) is 0 Å². The number of nitriles is 1. The molecule has 1 unspecified atom stereocenters. The second-order valence-corrected chi connectivity index (χ2v) is 6.37. The highest BCUT2D eigenvalue weighted by Crippen LogP contribution is 2.40. The number of hydrogen-bond donors (Lipinski definition) is 2. The fraction of sp³-hybridized carbons (Fsp3) is 0.500. The average Bonchev–Trinajstić information content (AvgIpc) is 3.06. The van der Waals surface area contributed by atoms with Crippen molar-refractivity contribution in [2.24, 2.45) is 0 Å². The van der Waals surface area contributed by atoms with E-state index in [9.17, 15) is 23.5 Å². The van der Waals surface area contributed by atoms with Crippen LogP contribution in [0.2, 0.25) is 0 Å². The molecule has 3 rings (SSSR count). The van der Waals surface area contributed by atoms with Crippen molar-refractivity contribution in [3.05, 3.63) is 23.0 Å². The minimum atomic E-state index is -4.72. The summed E-state index contributed by atoms with van der Waals surface area (Å²) in [4.78, 5) is 8.39. The standard InChI is InChI=1S/C16H17F3N4O/c1-3-9-6-11-12(21-9)13(23-5-4-15(2,24)8-23)10(7-20)14(22-11)16(17,18)19/h6,21,24H,3-5,8H2,1-2H3. The van der Waals surface area contributed by atoms with Crippen molar-refractivity contribution in [3.63, 3.8) is 0 Å². The third-order valence-corrected chi connectivity index (χ3v) is 4.32. The summed E-state index contributed by atoms with van der Waals surface area (Å²) in [6.07, 6.45) is -3.69. The first-order chi connectivity index (χ1) is 11.2. The van der Waals surface area contributed by atoms with Gasteiger partial charge >= 0.3 is 6.18 Å². The molecule has 2 N–H and O–H groups in total. The van der Waals surface area contributed by atoms with Crippen molar-refractivity contribution in [2.45, 2.75) is 38.5 Å². The lowest BCUT2D eigenvalue weighted by Gasteiger charge is -2.24. The fourth-order valence-electron chi connectivity index (χ4n) is 3.13.